The summed E-state index contributed by atoms with van der Waals surface area (Å²) in [7, 11) is -3.36. The van der Waals surface area contributed by atoms with Gasteiger partial charge in [-0.1, -0.05) is 38.1 Å². The Morgan fingerprint density at radius 3 is 2.46 bits per heavy atom. The summed E-state index contributed by atoms with van der Waals surface area (Å²) < 4.78 is 28.6. The smallest absolute Gasteiger partial charge is 0.214 e. The predicted octanol–water partition coefficient (Wildman–Crippen LogP) is 3.48. The number of hydrogen-bond acceptors (Lipinski definition) is 3. The molecule has 2 saturated carbocycles. The number of piperidine rings is 1. The molecule has 1 aromatic rings. The highest BCUT2D eigenvalue weighted by Gasteiger charge is 2.65. The van der Waals surface area contributed by atoms with Crippen LogP contribution in [0, 0.1) is 16.7 Å². The first-order chi connectivity index (χ1) is 13.2. The molecule has 0 radical (unpaired) electrons. The van der Waals surface area contributed by atoms with Crippen LogP contribution >= 0.6 is 0 Å². The van der Waals surface area contributed by atoms with Crippen molar-refractivity contribution in [2.24, 2.45) is 16.7 Å². The van der Waals surface area contributed by atoms with Crippen LogP contribution in [0.5, 0.6) is 0 Å². The maximum Gasteiger partial charge on any atom is 0.214 e. The molecule has 2 bridgehead atoms. The van der Waals surface area contributed by atoms with Crippen LogP contribution in [0.15, 0.2) is 24.3 Å². The number of hydrogen-bond donors (Lipinski definition) is 1. The summed E-state index contributed by atoms with van der Waals surface area (Å²) in [6, 6.07) is 8.71. The van der Waals surface area contributed by atoms with Crippen molar-refractivity contribution in [1.82, 2.24) is 4.31 Å². The minimum atomic E-state index is -3.36. The summed E-state index contributed by atoms with van der Waals surface area (Å²) in [5, 5.41) is 10.8. The Bertz CT molecular complexity index is 885. The monoisotopic (exact) mass is 403 g/mol. The van der Waals surface area contributed by atoms with E-state index in [2.05, 4.69) is 38.1 Å². The molecule has 4 aliphatic rings. The molecule has 1 aliphatic heterocycles. The van der Waals surface area contributed by atoms with Gasteiger partial charge in [0.05, 0.1) is 11.9 Å². The second kappa shape index (κ2) is 6.05. The average Bonchev–Trinajstić information content (AvgIpc) is 3.19. The molecule has 5 heteroatoms. The van der Waals surface area contributed by atoms with Crippen LogP contribution in [0.3, 0.4) is 0 Å². The minimum absolute atomic E-state index is 0.0963. The van der Waals surface area contributed by atoms with Gasteiger partial charge in [-0.15, -0.1) is 0 Å². The van der Waals surface area contributed by atoms with Gasteiger partial charge in [-0.25, -0.2) is 12.7 Å². The first-order valence-corrected chi connectivity index (χ1v) is 12.6. The summed E-state index contributed by atoms with van der Waals surface area (Å²) in [5.74, 6) is 0.575. The van der Waals surface area contributed by atoms with Crippen LogP contribution in [-0.4, -0.2) is 42.8 Å². The van der Waals surface area contributed by atoms with Crippen molar-refractivity contribution in [3.05, 3.63) is 35.4 Å². The highest BCUT2D eigenvalue weighted by atomic mass is 32.2. The van der Waals surface area contributed by atoms with E-state index in [9.17, 15) is 13.5 Å². The molecule has 1 aromatic carbocycles. The average molecular weight is 404 g/mol. The Morgan fingerprint density at radius 1 is 1.11 bits per heavy atom. The Morgan fingerprint density at radius 2 is 1.82 bits per heavy atom. The van der Waals surface area contributed by atoms with Gasteiger partial charge >= 0.3 is 0 Å². The van der Waals surface area contributed by atoms with E-state index in [1.165, 1.54) is 11.1 Å². The van der Waals surface area contributed by atoms with Crippen LogP contribution in [0.2, 0.25) is 0 Å². The number of nitrogens with zero attached hydrogens (tertiary/aromatic N) is 1. The lowest BCUT2D eigenvalue weighted by Crippen LogP contribution is -2.51. The molecule has 5 rings (SSSR count). The van der Waals surface area contributed by atoms with Crippen LogP contribution < -0.4 is 0 Å². The number of sulfonamides is 1. The number of fused-ring (bicyclic) bond motifs is 4. The van der Waals surface area contributed by atoms with E-state index in [-0.39, 0.29) is 16.6 Å². The third-order valence-corrected chi connectivity index (χ3v) is 11.4. The van der Waals surface area contributed by atoms with Crippen molar-refractivity contribution in [1.29, 1.82) is 0 Å². The molecule has 0 amide bonds. The van der Waals surface area contributed by atoms with Crippen molar-refractivity contribution < 1.29 is 13.5 Å². The first kappa shape index (κ1) is 19.1. The number of aliphatic hydroxyl groups excluding tert-OH is 1. The largest absolute Gasteiger partial charge is 0.392 e. The molecule has 1 heterocycles. The summed E-state index contributed by atoms with van der Waals surface area (Å²) in [6.07, 6.45) is 6.30. The zero-order valence-corrected chi connectivity index (χ0v) is 18.0. The van der Waals surface area contributed by atoms with E-state index in [4.69, 9.17) is 0 Å². The van der Waals surface area contributed by atoms with Gasteiger partial charge in [0.2, 0.25) is 10.0 Å². The van der Waals surface area contributed by atoms with Crippen LogP contribution in [0.4, 0.5) is 0 Å². The Balaban J connectivity index is 1.34. The molecule has 1 saturated heterocycles. The standard InChI is InChI=1S/C23H33NO3S/c1-21(2)18-8-10-23(21,20(25)15-18)16-28(26,27)24-13-11-22(12-14-24)9-7-17-5-3-4-6-19(17)22/h3-6,18,20,25H,7-16H2,1-2H3/t18-,20-,23-/m1/s1. The maximum atomic E-state index is 13.4. The van der Waals surface area contributed by atoms with E-state index in [0.717, 1.165) is 44.9 Å². The van der Waals surface area contributed by atoms with E-state index in [1.54, 1.807) is 4.31 Å². The molecule has 4 nitrogen and oxygen atoms in total. The van der Waals surface area contributed by atoms with E-state index >= 15 is 0 Å². The van der Waals surface area contributed by atoms with E-state index < -0.39 is 21.5 Å². The van der Waals surface area contributed by atoms with Crippen molar-refractivity contribution >= 4 is 10.0 Å². The molecular weight excluding hydrogens is 370 g/mol. The molecule has 1 spiro atoms. The highest BCUT2D eigenvalue weighted by molar-refractivity contribution is 7.89. The fourth-order valence-corrected chi connectivity index (χ4v) is 9.55. The number of rotatable bonds is 3. The quantitative estimate of drug-likeness (QED) is 0.841. The molecule has 3 atom stereocenters. The van der Waals surface area contributed by atoms with Crippen molar-refractivity contribution in [3.63, 3.8) is 0 Å². The van der Waals surface area contributed by atoms with Gasteiger partial charge < -0.3 is 5.11 Å². The van der Waals surface area contributed by atoms with Gasteiger partial charge in [0.15, 0.2) is 0 Å². The molecule has 3 aliphatic carbocycles. The lowest BCUT2D eigenvalue weighted by molar-refractivity contribution is 0.0143. The van der Waals surface area contributed by atoms with Gasteiger partial charge in [-0.3, -0.25) is 0 Å². The summed E-state index contributed by atoms with van der Waals surface area (Å²) >= 11 is 0. The predicted molar refractivity (Wildman–Crippen MR) is 111 cm³/mol. The second-order valence-corrected chi connectivity index (χ2v) is 12.4. The Hall–Kier alpha value is -0.910. The summed E-state index contributed by atoms with van der Waals surface area (Å²) in [4.78, 5) is 0. The lowest BCUT2D eigenvalue weighted by atomic mass is 9.70. The Kier molecular flexibility index (Phi) is 4.12. The van der Waals surface area contributed by atoms with Crippen molar-refractivity contribution in [2.75, 3.05) is 18.8 Å². The van der Waals surface area contributed by atoms with E-state index in [0.29, 0.717) is 19.0 Å². The summed E-state index contributed by atoms with van der Waals surface area (Å²) in [5.41, 5.74) is 2.51. The van der Waals surface area contributed by atoms with E-state index in [1.807, 2.05) is 0 Å². The molecule has 154 valence electrons. The van der Waals surface area contributed by atoms with Gasteiger partial charge in [0.25, 0.3) is 0 Å². The number of aryl methyl sites for hydroxylation is 1. The molecular formula is C23H33NO3S. The Labute approximate surface area is 169 Å². The zero-order chi connectivity index (χ0) is 19.8. The molecule has 1 N–H and O–H groups in total. The molecule has 3 fully saturated rings. The highest BCUT2D eigenvalue weighted by Crippen LogP contribution is 2.66. The number of benzene rings is 1. The van der Waals surface area contributed by atoms with Gasteiger partial charge in [0, 0.05) is 18.5 Å². The molecule has 0 aromatic heterocycles. The SMILES string of the molecule is CC1(C)[C@@H]2CC[C@@]1(CS(=O)(=O)N1CCC3(CCc4ccccc43)CC1)[C@H](O)C2. The zero-order valence-electron chi connectivity index (χ0n) is 17.2. The third kappa shape index (κ3) is 2.45. The molecule has 0 unspecified atom stereocenters. The fourth-order valence-electron chi connectivity index (χ4n) is 7.27. The number of aliphatic hydroxyl groups is 1. The first-order valence-electron chi connectivity index (χ1n) is 10.9. The van der Waals surface area contributed by atoms with Crippen LogP contribution in [-0.2, 0) is 21.9 Å². The maximum absolute atomic E-state index is 13.4. The van der Waals surface area contributed by atoms with Gasteiger partial charge in [-0.2, -0.15) is 0 Å². The second-order valence-electron chi connectivity index (χ2n) is 10.5. The lowest BCUT2D eigenvalue weighted by Gasteiger charge is -2.44. The minimum Gasteiger partial charge on any atom is -0.392 e. The van der Waals surface area contributed by atoms with Crippen LogP contribution in [0.1, 0.15) is 63.5 Å². The van der Waals surface area contributed by atoms with Gasteiger partial charge in [-0.05, 0) is 72.8 Å². The summed E-state index contributed by atoms with van der Waals surface area (Å²) in [6.45, 7) is 5.59. The van der Waals surface area contributed by atoms with Crippen molar-refractivity contribution in [3.8, 4) is 0 Å². The normalized spacial score (nSPS) is 36.1. The fraction of sp³-hybridized carbons (Fsp3) is 0.739. The van der Waals surface area contributed by atoms with Gasteiger partial charge in [0.1, 0.15) is 0 Å². The van der Waals surface area contributed by atoms with Crippen LogP contribution in [0.25, 0.3) is 0 Å². The topological polar surface area (TPSA) is 57.6 Å². The third-order valence-electron chi connectivity index (χ3n) is 9.36. The van der Waals surface area contributed by atoms with Crippen molar-refractivity contribution in [2.45, 2.75) is 70.3 Å². The molecule has 28 heavy (non-hydrogen) atoms.